The molecule has 24 heavy (non-hydrogen) atoms. The Kier molecular flexibility index (Phi) is 6.25. The molecule has 0 aliphatic carbocycles. The van der Waals surface area contributed by atoms with Gasteiger partial charge in [0.1, 0.15) is 11.6 Å². The summed E-state index contributed by atoms with van der Waals surface area (Å²) in [4.78, 5) is 15.7. The van der Waals surface area contributed by atoms with Gasteiger partial charge in [0.2, 0.25) is 5.13 Å². The number of benzene rings is 1. The van der Waals surface area contributed by atoms with Crippen LogP contribution in [0.1, 0.15) is 38.6 Å². The van der Waals surface area contributed by atoms with Gasteiger partial charge in [0.25, 0.3) is 0 Å². The molecule has 0 amide bonds. The lowest BCUT2D eigenvalue weighted by atomic mass is 9.85. The summed E-state index contributed by atoms with van der Waals surface area (Å²) in [5.74, 6) is 0.160. The van der Waals surface area contributed by atoms with Crippen molar-refractivity contribution in [3.05, 3.63) is 41.5 Å². The largest absolute Gasteiger partial charge is 0.466 e. The number of hydrogen-bond acceptors (Lipinski definition) is 6. The van der Waals surface area contributed by atoms with Gasteiger partial charge in [-0.25, -0.2) is 9.37 Å². The molecule has 0 unspecified atom stereocenters. The Bertz CT molecular complexity index is 671. The number of rotatable bonds is 8. The first-order valence-electron chi connectivity index (χ1n) is 7.89. The van der Waals surface area contributed by atoms with Crippen molar-refractivity contribution in [3.63, 3.8) is 0 Å². The molecule has 0 saturated carbocycles. The van der Waals surface area contributed by atoms with Crippen molar-refractivity contribution in [2.75, 3.05) is 18.5 Å². The molecule has 0 atom stereocenters. The number of esters is 1. The van der Waals surface area contributed by atoms with Gasteiger partial charge in [0.05, 0.1) is 13.0 Å². The topological polar surface area (TPSA) is 64.1 Å². The molecule has 7 heteroatoms. The van der Waals surface area contributed by atoms with Crippen LogP contribution in [-0.2, 0) is 21.4 Å². The van der Waals surface area contributed by atoms with Crippen LogP contribution in [-0.4, -0.2) is 28.5 Å². The summed E-state index contributed by atoms with van der Waals surface area (Å²) in [5.41, 5.74) is 0.869. The highest BCUT2D eigenvalue weighted by molar-refractivity contribution is 7.09. The Morgan fingerprint density at radius 1 is 1.33 bits per heavy atom. The molecule has 1 aromatic heterocycles. The maximum Gasteiger partial charge on any atom is 0.306 e. The van der Waals surface area contributed by atoms with Gasteiger partial charge in [0, 0.05) is 29.9 Å². The van der Waals surface area contributed by atoms with E-state index in [1.165, 1.54) is 23.7 Å². The Balaban J connectivity index is 1.88. The highest BCUT2D eigenvalue weighted by Gasteiger charge is 2.21. The van der Waals surface area contributed by atoms with E-state index in [1.807, 2.05) is 0 Å². The fourth-order valence-electron chi connectivity index (χ4n) is 2.17. The van der Waals surface area contributed by atoms with E-state index in [1.54, 1.807) is 19.1 Å². The smallest absolute Gasteiger partial charge is 0.306 e. The summed E-state index contributed by atoms with van der Waals surface area (Å²) < 4.78 is 22.2. The third kappa shape index (κ3) is 5.26. The minimum Gasteiger partial charge on any atom is -0.466 e. The zero-order valence-electron chi connectivity index (χ0n) is 14.1. The molecule has 0 fully saturated rings. The first-order valence-corrected chi connectivity index (χ1v) is 8.66. The highest BCUT2D eigenvalue weighted by atomic mass is 32.1. The standard InChI is InChI=1S/C17H22FN3O2S/c1-4-23-15(22)10-9-14-20-16(24-21-14)19-11-17(2,3)12-5-7-13(18)8-6-12/h5-8H,4,9-11H2,1-3H3,(H,19,20,21). The quantitative estimate of drug-likeness (QED) is 0.737. The molecule has 1 aromatic carbocycles. The Hall–Kier alpha value is -2.02. The molecular formula is C17H22FN3O2S. The van der Waals surface area contributed by atoms with E-state index in [9.17, 15) is 9.18 Å². The van der Waals surface area contributed by atoms with Crippen molar-refractivity contribution in [2.24, 2.45) is 0 Å². The predicted octanol–water partition coefficient (Wildman–Crippen LogP) is 3.56. The SMILES string of the molecule is CCOC(=O)CCc1nsc(NCC(C)(C)c2ccc(F)cc2)n1. The minimum atomic E-state index is -0.238. The maximum absolute atomic E-state index is 13.0. The summed E-state index contributed by atoms with van der Waals surface area (Å²) in [7, 11) is 0. The van der Waals surface area contributed by atoms with E-state index in [0.29, 0.717) is 30.5 Å². The normalized spacial score (nSPS) is 11.3. The lowest BCUT2D eigenvalue weighted by molar-refractivity contribution is -0.143. The zero-order chi connectivity index (χ0) is 17.6. The van der Waals surface area contributed by atoms with E-state index < -0.39 is 0 Å². The predicted molar refractivity (Wildman–Crippen MR) is 92.8 cm³/mol. The van der Waals surface area contributed by atoms with Crippen LogP contribution in [0.5, 0.6) is 0 Å². The van der Waals surface area contributed by atoms with Crippen LogP contribution < -0.4 is 5.32 Å². The molecular weight excluding hydrogens is 329 g/mol. The van der Waals surface area contributed by atoms with Crippen LogP contribution in [0.25, 0.3) is 0 Å². The van der Waals surface area contributed by atoms with Crippen LogP contribution in [0.2, 0.25) is 0 Å². The van der Waals surface area contributed by atoms with Crippen LogP contribution in [0, 0.1) is 5.82 Å². The Labute approximate surface area is 145 Å². The van der Waals surface area contributed by atoms with Crippen LogP contribution in [0.3, 0.4) is 0 Å². The molecule has 0 bridgehead atoms. The third-order valence-corrected chi connectivity index (χ3v) is 4.34. The number of ether oxygens (including phenoxy) is 1. The van der Waals surface area contributed by atoms with Crippen molar-refractivity contribution in [2.45, 2.75) is 39.0 Å². The maximum atomic E-state index is 13.0. The van der Waals surface area contributed by atoms with E-state index in [0.717, 1.165) is 5.56 Å². The van der Waals surface area contributed by atoms with Gasteiger partial charge in [-0.3, -0.25) is 4.79 Å². The highest BCUT2D eigenvalue weighted by Crippen LogP contribution is 2.24. The molecule has 0 saturated heterocycles. The van der Waals surface area contributed by atoms with Crippen LogP contribution >= 0.6 is 11.5 Å². The lowest BCUT2D eigenvalue weighted by Gasteiger charge is -2.25. The monoisotopic (exact) mass is 351 g/mol. The Morgan fingerprint density at radius 3 is 2.71 bits per heavy atom. The first kappa shape index (κ1) is 18.3. The first-order chi connectivity index (χ1) is 11.4. The number of hydrogen-bond donors (Lipinski definition) is 1. The van der Waals surface area contributed by atoms with Gasteiger partial charge < -0.3 is 10.1 Å². The molecule has 1 heterocycles. The van der Waals surface area contributed by atoms with E-state index in [4.69, 9.17) is 4.74 Å². The van der Waals surface area contributed by atoms with Crippen LogP contribution in [0.15, 0.2) is 24.3 Å². The summed E-state index contributed by atoms with van der Waals surface area (Å²) in [5, 5.41) is 3.98. The second-order valence-corrected chi connectivity index (χ2v) is 6.82. The fraction of sp³-hybridized carbons (Fsp3) is 0.471. The zero-order valence-corrected chi connectivity index (χ0v) is 15.0. The van der Waals surface area contributed by atoms with Crippen molar-refractivity contribution in [1.29, 1.82) is 0 Å². The molecule has 5 nitrogen and oxygen atoms in total. The summed E-state index contributed by atoms with van der Waals surface area (Å²) in [6.45, 7) is 6.97. The molecule has 0 aliphatic heterocycles. The average Bonchev–Trinajstić information content (AvgIpc) is 3.00. The van der Waals surface area contributed by atoms with Gasteiger partial charge in [-0.05, 0) is 24.6 Å². The third-order valence-electron chi connectivity index (χ3n) is 3.63. The molecule has 1 N–H and O–H groups in total. The molecule has 130 valence electrons. The number of nitrogens with zero attached hydrogens (tertiary/aromatic N) is 2. The van der Waals surface area contributed by atoms with Gasteiger partial charge in [-0.1, -0.05) is 26.0 Å². The average molecular weight is 351 g/mol. The summed E-state index contributed by atoms with van der Waals surface area (Å²) in [6.07, 6.45) is 0.753. The summed E-state index contributed by atoms with van der Waals surface area (Å²) in [6, 6.07) is 6.52. The van der Waals surface area contributed by atoms with Gasteiger partial charge in [-0.2, -0.15) is 4.37 Å². The van der Waals surface area contributed by atoms with E-state index in [-0.39, 0.29) is 23.6 Å². The number of aryl methyl sites for hydroxylation is 1. The van der Waals surface area contributed by atoms with Crippen molar-refractivity contribution >= 4 is 22.6 Å². The molecule has 0 radical (unpaired) electrons. The number of aromatic nitrogens is 2. The van der Waals surface area contributed by atoms with Crippen molar-refractivity contribution in [3.8, 4) is 0 Å². The van der Waals surface area contributed by atoms with E-state index >= 15 is 0 Å². The lowest BCUT2D eigenvalue weighted by Crippen LogP contribution is -2.27. The van der Waals surface area contributed by atoms with E-state index in [2.05, 4.69) is 28.5 Å². The number of carbonyl (C=O) groups excluding carboxylic acids is 1. The molecule has 0 aliphatic rings. The number of halogens is 1. The minimum absolute atomic E-state index is 0.176. The summed E-state index contributed by atoms with van der Waals surface area (Å²) >= 11 is 1.27. The molecule has 2 rings (SSSR count). The number of anilines is 1. The second kappa shape index (κ2) is 8.19. The Morgan fingerprint density at radius 2 is 2.04 bits per heavy atom. The van der Waals surface area contributed by atoms with Gasteiger partial charge in [-0.15, -0.1) is 0 Å². The second-order valence-electron chi connectivity index (χ2n) is 6.07. The fourth-order valence-corrected chi connectivity index (χ4v) is 2.78. The van der Waals surface area contributed by atoms with Crippen LogP contribution in [0.4, 0.5) is 9.52 Å². The molecule has 0 spiro atoms. The molecule has 2 aromatic rings. The van der Waals surface area contributed by atoms with Gasteiger partial charge in [0.15, 0.2) is 0 Å². The van der Waals surface area contributed by atoms with Crippen molar-refractivity contribution < 1.29 is 13.9 Å². The van der Waals surface area contributed by atoms with Gasteiger partial charge >= 0.3 is 5.97 Å². The number of nitrogens with one attached hydrogen (secondary N) is 1. The van der Waals surface area contributed by atoms with Crippen molar-refractivity contribution in [1.82, 2.24) is 9.36 Å². The number of carbonyl (C=O) groups is 1.